The molecule has 102 valence electrons. The van der Waals surface area contributed by atoms with Gasteiger partial charge in [-0.25, -0.2) is 0 Å². The first-order valence-corrected chi connectivity index (χ1v) is 6.36. The third kappa shape index (κ3) is 3.48. The summed E-state index contributed by atoms with van der Waals surface area (Å²) in [4.78, 5) is 12.0. The number of nitrogens with two attached hydrogens (primary N) is 1. The van der Waals surface area contributed by atoms with Gasteiger partial charge in [-0.15, -0.1) is 0 Å². The molecule has 5 heteroatoms. The molecule has 0 aliphatic rings. The average Bonchev–Trinajstić information content (AvgIpc) is 2.65. The molecular formula is C13H24N4O. The molecule has 1 rings (SSSR count). The molecule has 1 aromatic heterocycles. The number of anilines is 1. The van der Waals surface area contributed by atoms with E-state index in [1.807, 2.05) is 6.92 Å². The van der Waals surface area contributed by atoms with Crippen LogP contribution in [0, 0.1) is 11.3 Å². The molecule has 18 heavy (non-hydrogen) atoms. The number of carbonyl (C=O) groups excluding carboxylic acids is 1. The Morgan fingerprint density at radius 2 is 2.17 bits per heavy atom. The van der Waals surface area contributed by atoms with Gasteiger partial charge in [0.1, 0.15) is 0 Å². The molecule has 5 nitrogen and oxygen atoms in total. The maximum absolute atomic E-state index is 12.0. The number of aryl methyl sites for hydroxylation is 1. The molecule has 1 unspecified atom stereocenters. The van der Waals surface area contributed by atoms with E-state index in [9.17, 15) is 4.79 Å². The van der Waals surface area contributed by atoms with E-state index >= 15 is 0 Å². The minimum absolute atomic E-state index is 0.168. The lowest BCUT2D eigenvalue weighted by molar-refractivity contribution is 0.0932. The first-order valence-electron chi connectivity index (χ1n) is 6.36. The molecule has 0 bridgehead atoms. The van der Waals surface area contributed by atoms with Crippen LogP contribution in [0.1, 0.15) is 45.1 Å². The molecule has 0 saturated heterocycles. The van der Waals surface area contributed by atoms with Crippen LogP contribution in [-0.4, -0.2) is 22.2 Å². The standard InChI is InChI=1S/C13H24N4O/c1-6-17-8-10(14)11(16-17)12(18)15-7-9(2)13(3,4)5/h8-9H,6-7,14H2,1-5H3,(H,15,18). The number of nitrogen functional groups attached to an aromatic ring is 1. The fourth-order valence-electron chi connectivity index (χ4n) is 1.41. The second-order valence-corrected chi connectivity index (χ2v) is 5.77. The lowest BCUT2D eigenvalue weighted by Gasteiger charge is -2.27. The van der Waals surface area contributed by atoms with E-state index < -0.39 is 0 Å². The molecule has 1 aromatic rings. The zero-order valence-corrected chi connectivity index (χ0v) is 11.9. The molecule has 0 radical (unpaired) electrons. The molecule has 1 amide bonds. The smallest absolute Gasteiger partial charge is 0.273 e. The van der Waals surface area contributed by atoms with E-state index in [1.165, 1.54) is 0 Å². The Balaban J connectivity index is 2.63. The third-order valence-electron chi connectivity index (χ3n) is 3.38. The number of rotatable bonds is 4. The monoisotopic (exact) mass is 252 g/mol. The largest absolute Gasteiger partial charge is 0.396 e. The fraction of sp³-hybridized carbons (Fsp3) is 0.692. The number of carbonyl (C=O) groups is 1. The quantitative estimate of drug-likeness (QED) is 0.859. The second-order valence-electron chi connectivity index (χ2n) is 5.77. The molecule has 1 heterocycles. The average molecular weight is 252 g/mol. The summed E-state index contributed by atoms with van der Waals surface area (Å²) in [7, 11) is 0. The van der Waals surface area contributed by atoms with Crippen molar-refractivity contribution in [3.05, 3.63) is 11.9 Å². The van der Waals surface area contributed by atoms with Gasteiger partial charge in [-0.05, 0) is 18.3 Å². The minimum Gasteiger partial charge on any atom is -0.396 e. The van der Waals surface area contributed by atoms with Gasteiger partial charge in [0.25, 0.3) is 5.91 Å². The number of nitrogens with zero attached hydrogens (tertiary/aromatic N) is 2. The summed E-state index contributed by atoms with van der Waals surface area (Å²) in [5.74, 6) is 0.187. The van der Waals surface area contributed by atoms with Crippen LogP contribution >= 0.6 is 0 Å². The van der Waals surface area contributed by atoms with Crippen LogP contribution in [0.15, 0.2) is 6.20 Å². The summed E-state index contributed by atoms with van der Waals surface area (Å²) in [5.41, 5.74) is 6.68. The fourth-order valence-corrected chi connectivity index (χ4v) is 1.41. The van der Waals surface area contributed by atoms with Gasteiger partial charge in [-0.3, -0.25) is 9.48 Å². The summed E-state index contributed by atoms with van der Waals surface area (Å²) < 4.78 is 1.66. The van der Waals surface area contributed by atoms with E-state index in [0.717, 1.165) is 0 Å². The van der Waals surface area contributed by atoms with E-state index in [0.29, 0.717) is 30.4 Å². The molecule has 0 saturated carbocycles. The summed E-state index contributed by atoms with van der Waals surface area (Å²) in [6.07, 6.45) is 1.68. The summed E-state index contributed by atoms with van der Waals surface area (Å²) in [5, 5.41) is 7.04. The van der Waals surface area contributed by atoms with E-state index in [-0.39, 0.29) is 11.3 Å². The molecular weight excluding hydrogens is 228 g/mol. The van der Waals surface area contributed by atoms with Crippen molar-refractivity contribution in [3.8, 4) is 0 Å². The van der Waals surface area contributed by atoms with Crippen molar-refractivity contribution < 1.29 is 4.79 Å². The number of amides is 1. The highest BCUT2D eigenvalue weighted by atomic mass is 16.2. The van der Waals surface area contributed by atoms with Gasteiger partial charge in [0.15, 0.2) is 5.69 Å². The van der Waals surface area contributed by atoms with Crippen molar-refractivity contribution in [1.29, 1.82) is 0 Å². The van der Waals surface area contributed by atoms with Crippen molar-refractivity contribution in [2.75, 3.05) is 12.3 Å². The van der Waals surface area contributed by atoms with Crippen molar-refractivity contribution in [1.82, 2.24) is 15.1 Å². The molecule has 0 aliphatic heterocycles. The summed E-state index contributed by atoms with van der Waals surface area (Å²) >= 11 is 0. The topological polar surface area (TPSA) is 72.9 Å². The first kappa shape index (κ1) is 14.5. The maximum Gasteiger partial charge on any atom is 0.273 e. The zero-order chi connectivity index (χ0) is 13.9. The Morgan fingerprint density at radius 3 is 2.61 bits per heavy atom. The van der Waals surface area contributed by atoms with Gasteiger partial charge in [0.2, 0.25) is 0 Å². The molecule has 0 aromatic carbocycles. The predicted octanol–water partition coefficient (Wildman–Crippen LogP) is 1.90. The van der Waals surface area contributed by atoms with Gasteiger partial charge in [0.05, 0.1) is 5.69 Å². The molecule has 3 N–H and O–H groups in total. The number of nitrogens with one attached hydrogen (secondary N) is 1. The maximum atomic E-state index is 12.0. The number of hydrogen-bond acceptors (Lipinski definition) is 3. The highest BCUT2D eigenvalue weighted by Crippen LogP contribution is 2.24. The Hall–Kier alpha value is -1.52. The van der Waals surface area contributed by atoms with Crippen LogP contribution < -0.4 is 11.1 Å². The lowest BCUT2D eigenvalue weighted by atomic mass is 9.82. The van der Waals surface area contributed by atoms with E-state index in [1.54, 1.807) is 10.9 Å². The van der Waals surface area contributed by atoms with Crippen molar-refractivity contribution in [2.24, 2.45) is 11.3 Å². The summed E-state index contributed by atoms with van der Waals surface area (Å²) in [6.45, 7) is 11.9. The van der Waals surface area contributed by atoms with Crippen LogP contribution in [0.2, 0.25) is 0 Å². The van der Waals surface area contributed by atoms with Crippen LogP contribution in [0.25, 0.3) is 0 Å². The van der Waals surface area contributed by atoms with Gasteiger partial charge in [-0.1, -0.05) is 27.7 Å². The van der Waals surface area contributed by atoms with Crippen LogP contribution in [0.5, 0.6) is 0 Å². The van der Waals surface area contributed by atoms with Crippen molar-refractivity contribution >= 4 is 11.6 Å². The molecule has 0 spiro atoms. The first-order chi connectivity index (χ1) is 8.25. The van der Waals surface area contributed by atoms with Gasteiger partial charge in [0, 0.05) is 19.3 Å². The van der Waals surface area contributed by atoms with Gasteiger partial charge in [-0.2, -0.15) is 5.10 Å². The van der Waals surface area contributed by atoms with Gasteiger partial charge < -0.3 is 11.1 Å². The Labute approximate surface area is 109 Å². The molecule has 0 aliphatic carbocycles. The highest BCUT2D eigenvalue weighted by Gasteiger charge is 2.21. The predicted molar refractivity (Wildman–Crippen MR) is 73.3 cm³/mol. The van der Waals surface area contributed by atoms with Crippen LogP contribution in [0.3, 0.4) is 0 Å². The SMILES string of the molecule is CCn1cc(N)c(C(=O)NCC(C)C(C)(C)C)n1. The molecule has 1 atom stereocenters. The Kier molecular flexibility index (Phi) is 4.38. The molecule has 0 fully saturated rings. The van der Waals surface area contributed by atoms with Crippen molar-refractivity contribution in [2.45, 2.75) is 41.2 Å². The Morgan fingerprint density at radius 1 is 1.56 bits per heavy atom. The van der Waals surface area contributed by atoms with Crippen molar-refractivity contribution in [3.63, 3.8) is 0 Å². The Bertz CT molecular complexity index is 417. The third-order valence-corrected chi connectivity index (χ3v) is 3.38. The van der Waals surface area contributed by atoms with Crippen LogP contribution in [0.4, 0.5) is 5.69 Å². The summed E-state index contributed by atoms with van der Waals surface area (Å²) in [6, 6.07) is 0. The minimum atomic E-state index is -0.198. The number of aromatic nitrogens is 2. The van der Waals surface area contributed by atoms with E-state index in [4.69, 9.17) is 5.73 Å². The van der Waals surface area contributed by atoms with Gasteiger partial charge >= 0.3 is 0 Å². The van der Waals surface area contributed by atoms with Crippen LogP contribution in [-0.2, 0) is 6.54 Å². The normalized spacial score (nSPS) is 13.4. The highest BCUT2D eigenvalue weighted by molar-refractivity contribution is 5.96. The lowest BCUT2D eigenvalue weighted by Crippen LogP contribution is -2.34. The van der Waals surface area contributed by atoms with E-state index in [2.05, 4.69) is 38.1 Å². The second kappa shape index (κ2) is 5.42. The zero-order valence-electron chi connectivity index (χ0n) is 11.9. The number of hydrogen-bond donors (Lipinski definition) is 2.